The van der Waals surface area contributed by atoms with Gasteiger partial charge in [0.05, 0.1) is 19.4 Å². The quantitative estimate of drug-likeness (QED) is 0.212. The zero-order chi connectivity index (χ0) is 33.0. The van der Waals surface area contributed by atoms with Crippen LogP contribution in [0.4, 0.5) is 17.1 Å². The molecular formula is C34H24BrN. The SMILES string of the molecule is [2H]c1c([2H])c([2H])c(-c2ccc(N(c3ccc(-c4c([2H])c([2H])c([2H])c([2H])c4[2H])cc3)c3cccc4c(Br)cccc34)cc2)c([2H])c1[2H]. The number of hydrogen-bond acceptors (Lipinski definition) is 1. The maximum atomic E-state index is 8.40. The fourth-order valence-electron chi connectivity index (χ4n) is 4.22. The van der Waals surface area contributed by atoms with Gasteiger partial charge in [0.1, 0.15) is 0 Å². The van der Waals surface area contributed by atoms with E-state index in [1.54, 1.807) is 24.3 Å². The molecule has 0 saturated carbocycles. The zero-order valence-electron chi connectivity index (χ0n) is 28.9. The zero-order valence-corrected chi connectivity index (χ0v) is 20.5. The number of halogens is 1. The molecule has 0 atom stereocenters. The Balaban J connectivity index is 1.52. The molecule has 6 aromatic rings. The summed E-state index contributed by atoms with van der Waals surface area (Å²) in [7, 11) is 0. The highest BCUT2D eigenvalue weighted by Gasteiger charge is 2.16. The van der Waals surface area contributed by atoms with Crippen LogP contribution in [0, 0.1) is 0 Å². The van der Waals surface area contributed by atoms with Crippen molar-refractivity contribution in [3.05, 3.63) is 150 Å². The van der Waals surface area contributed by atoms with E-state index >= 15 is 0 Å². The molecule has 0 saturated heterocycles. The van der Waals surface area contributed by atoms with Crippen LogP contribution in [0.3, 0.4) is 0 Å². The molecule has 0 radical (unpaired) electrons. The van der Waals surface area contributed by atoms with Crippen molar-refractivity contribution >= 4 is 43.8 Å². The maximum Gasteiger partial charge on any atom is 0.0629 e. The molecule has 6 aromatic carbocycles. The van der Waals surface area contributed by atoms with E-state index in [4.69, 9.17) is 13.7 Å². The average Bonchev–Trinajstić information content (AvgIpc) is 3.06. The molecule has 36 heavy (non-hydrogen) atoms. The summed E-state index contributed by atoms with van der Waals surface area (Å²) in [4.78, 5) is 2.01. The van der Waals surface area contributed by atoms with Crippen molar-refractivity contribution in [3.63, 3.8) is 0 Å². The normalized spacial score (nSPS) is 14.8. The molecule has 0 aromatic heterocycles. The minimum atomic E-state index is -0.448. The first-order chi connectivity index (χ1) is 21.9. The van der Waals surface area contributed by atoms with Gasteiger partial charge in [-0.15, -0.1) is 0 Å². The van der Waals surface area contributed by atoms with Crippen molar-refractivity contribution in [2.24, 2.45) is 0 Å². The van der Waals surface area contributed by atoms with E-state index < -0.39 is 36.3 Å². The molecule has 2 heteroatoms. The van der Waals surface area contributed by atoms with Crippen LogP contribution >= 0.6 is 15.9 Å². The van der Waals surface area contributed by atoms with Crippen LogP contribution < -0.4 is 4.90 Å². The number of nitrogens with zero attached hydrogens (tertiary/aromatic N) is 1. The van der Waals surface area contributed by atoms with Gasteiger partial charge in [0, 0.05) is 21.2 Å². The highest BCUT2D eigenvalue weighted by atomic mass is 79.9. The highest BCUT2D eigenvalue weighted by Crippen LogP contribution is 2.41. The summed E-state index contributed by atoms with van der Waals surface area (Å²) < 4.78 is 82.7. The van der Waals surface area contributed by atoms with Gasteiger partial charge in [-0.05, 0) is 64.0 Å². The van der Waals surface area contributed by atoms with Gasteiger partial charge in [0.2, 0.25) is 0 Å². The van der Waals surface area contributed by atoms with Crippen LogP contribution in [-0.2, 0) is 0 Å². The minimum absolute atomic E-state index is 0.112. The lowest BCUT2D eigenvalue weighted by Crippen LogP contribution is -2.10. The second-order valence-electron chi connectivity index (χ2n) is 8.04. The van der Waals surface area contributed by atoms with Crippen LogP contribution in [0.25, 0.3) is 33.0 Å². The second-order valence-corrected chi connectivity index (χ2v) is 8.90. The number of hydrogen-bond donors (Lipinski definition) is 0. The third-order valence-corrected chi connectivity index (χ3v) is 6.61. The second kappa shape index (κ2) is 9.85. The number of anilines is 3. The molecule has 0 unspecified atom stereocenters. The molecule has 0 heterocycles. The minimum Gasteiger partial charge on any atom is -0.310 e. The summed E-state index contributed by atoms with van der Waals surface area (Å²) in [5.74, 6) is 0. The molecule has 0 aliphatic carbocycles. The summed E-state index contributed by atoms with van der Waals surface area (Å²) in [5, 5.41) is 1.93. The highest BCUT2D eigenvalue weighted by molar-refractivity contribution is 9.10. The Morgan fingerprint density at radius 2 is 0.944 bits per heavy atom. The fraction of sp³-hybridized carbons (Fsp3) is 0. The Hall–Kier alpha value is -4.14. The van der Waals surface area contributed by atoms with Crippen molar-refractivity contribution in [1.29, 1.82) is 0 Å². The molecule has 0 bridgehead atoms. The number of benzene rings is 6. The van der Waals surface area contributed by atoms with Crippen LogP contribution in [0.15, 0.2) is 150 Å². The van der Waals surface area contributed by atoms with E-state index in [0.717, 1.165) is 32.3 Å². The average molecular weight is 537 g/mol. The van der Waals surface area contributed by atoms with Crippen LogP contribution in [0.5, 0.6) is 0 Å². The first-order valence-electron chi connectivity index (χ1n) is 16.2. The van der Waals surface area contributed by atoms with Crippen molar-refractivity contribution in [3.8, 4) is 22.3 Å². The molecular weight excluding hydrogens is 502 g/mol. The van der Waals surface area contributed by atoms with Gasteiger partial charge in [-0.1, -0.05) is 125 Å². The summed E-state index contributed by atoms with van der Waals surface area (Å²) >= 11 is 3.65. The smallest absolute Gasteiger partial charge is 0.0629 e. The molecule has 1 nitrogen and oxygen atoms in total. The van der Waals surface area contributed by atoms with Crippen molar-refractivity contribution in [1.82, 2.24) is 0 Å². The Morgan fingerprint density at radius 3 is 1.47 bits per heavy atom. The Kier molecular flexibility index (Phi) is 3.78. The molecule has 172 valence electrons. The molecule has 0 aliphatic rings. The maximum absolute atomic E-state index is 8.40. The largest absolute Gasteiger partial charge is 0.310 e. The van der Waals surface area contributed by atoms with Gasteiger partial charge in [0.25, 0.3) is 0 Å². The first kappa shape index (κ1) is 13.8. The molecule has 0 aliphatic heterocycles. The van der Waals surface area contributed by atoms with Gasteiger partial charge in [0.15, 0.2) is 0 Å². The van der Waals surface area contributed by atoms with E-state index in [-0.39, 0.29) is 35.3 Å². The summed E-state index contributed by atoms with van der Waals surface area (Å²) in [6.45, 7) is 0. The summed E-state index contributed by atoms with van der Waals surface area (Å²) in [6, 6.07) is 22.4. The topological polar surface area (TPSA) is 3.24 Å². The predicted octanol–water partition coefficient (Wildman–Crippen LogP) is 10.4. The van der Waals surface area contributed by atoms with E-state index in [2.05, 4.69) is 15.9 Å². The van der Waals surface area contributed by atoms with Crippen LogP contribution in [0.2, 0.25) is 0 Å². The Labute approximate surface area is 234 Å². The summed E-state index contributed by atoms with van der Waals surface area (Å²) in [5.41, 5.74) is 3.45. The van der Waals surface area contributed by atoms with Crippen LogP contribution in [0.1, 0.15) is 13.7 Å². The van der Waals surface area contributed by atoms with E-state index in [1.165, 1.54) is 0 Å². The van der Waals surface area contributed by atoms with Crippen molar-refractivity contribution < 1.29 is 13.7 Å². The van der Waals surface area contributed by atoms with E-state index in [1.807, 2.05) is 65.6 Å². The standard InChI is InChI=1S/C34H24BrN/c35-33-15-7-14-32-31(33)13-8-16-34(32)36(29-21-17-27(18-22-29)25-9-3-1-4-10-25)30-23-19-28(20-24-30)26-11-5-2-6-12-26/h1-24H/i1D,2D,3D,4D,5D,6D,9D,10D,11D,12D. The molecule has 6 rings (SSSR count). The summed E-state index contributed by atoms with van der Waals surface area (Å²) in [6.07, 6.45) is 0. The third kappa shape index (κ3) is 4.32. The van der Waals surface area contributed by atoms with E-state index in [0.29, 0.717) is 11.1 Å². The lowest BCUT2D eigenvalue weighted by molar-refractivity contribution is 1.30. The molecule has 0 N–H and O–H groups in total. The molecule has 0 fully saturated rings. The van der Waals surface area contributed by atoms with E-state index in [9.17, 15) is 0 Å². The van der Waals surface area contributed by atoms with Gasteiger partial charge >= 0.3 is 0 Å². The number of fused-ring (bicyclic) bond motifs is 1. The lowest BCUT2D eigenvalue weighted by atomic mass is 10.0. The molecule has 0 spiro atoms. The van der Waals surface area contributed by atoms with Gasteiger partial charge in [-0.25, -0.2) is 0 Å². The van der Waals surface area contributed by atoms with Gasteiger partial charge < -0.3 is 4.90 Å². The predicted molar refractivity (Wildman–Crippen MR) is 157 cm³/mol. The van der Waals surface area contributed by atoms with Crippen molar-refractivity contribution in [2.45, 2.75) is 0 Å². The first-order valence-corrected chi connectivity index (χ1v) is 12.0. The van der Waals surface area contributed by atoms with Gasteiger partial charge in [-0.3, -0.25) is 0 Å². The van der Waals surface area contributed by atoms with Crippen molar-refractivity contribution in [2.75, 3.05) is 4.90 Å². The van der Waals surface area contributed by atoms with Crippen LogP contribution in [-0.4, -0.2) is 0 Å². The Morgan fingerprint density at radius 1 is 0.472 bits per heavy atom. The Bertz CT molecular complexity index is 2000. The van der Waals surface area contributed by atoms with Gasteiger partial charge in [-0.2, -0.15) is 0 Å². The molecule has 0 amide bonds. The fourth-order valence-corrected chi connectivity index (χ4v) is 4.72. The lowest BCUT2D eigenvalue weighted by Gasteiger charge is -2.27. The third-order valence-electron chi connectivity index (χ3n) is 5.92. The number of rotatable bonds is 5. The monoisotopic (exact) mass is 535 g/mol.